The van der Waals surface area contributed by atoms with Crippen molar-refractivity contribution in [2.24, 2.45) is 0 Å². The highest BCUT2D eigenvalue weighted by Crippen LogP contribution is 2.29. The number of rotatable bonds is 5. The van der Waals surface area contributed by atoms with Gasteiger partial charge < -0.3 is 15.2 Å². The van der Waals surface area contributed by atoms with E-state index < -0.39 is 0 Å². The van der Waals surface area contributed by atoms with Gasteiger partial charge in [-0.1, -0.05) is 12.1 Å². The van der Waals surface area contributed by atoms with E-state index >= 15 is 0 Å². The maximum atomic E-state index is 9.94. The van der Waals surface area contributed by atoms with Crippen LogP contribution in [0.2, 0.25) is 0 Å². The topological polar surface area (TPSA) is 41.5 Å². The Balaban J connectivity index is 1.96. The fourth-order valence-electron chi connectivity index (χ4n) is 1.77. The van der Waals surface area contributed by atoms with Gasteiger partial charge in [-0.05, 0) is 34.9 Å². The van der Waals surface area contributed by atoms with Crippen molar-refractivity contribution in [1.82, 2.24) is 5.32 Å². The van der Waals surface area contributed by atoms with Crippen LogP contribution >= 0.6 is 11.3 Å². The highest BCUT2D eigenvalue weighted by molar-refractivity contribution is 7.08. The zero-order chi connectivity index (χ0) is 13.0. The van der Waals surface area contributed by atoms with Gasteiger partial charge in [0.15, 0.2) is 11.5 Å². The second-order valence-corrected chi connectivity index (χ2v) is 4.90. The summed E-state index contributed by atoms with van der Waals surface area (Å²) in [6.07, 6.45) is 0. The predicted molar refractivity (Wildman–Crippen MR) is 74.3 cm³/mol. The van der Waals surface area contributed by atoms with Gasteiger partial charge in [-0.2, -0.15) is 11.3 Å². The number of phenolic OH excluding ortho intramolecular Hbond substituents is 1. The molecule has 0 bridgehead atoms. The van der Waals surface area contributed by atoms with Crippen LogP contribution in [0.4, 0.5) is 0 Å². The van der Waals surface area contributed by atoms with Crippen LogP contribution < -0.4 is 10.1 Å². The summed E-state index contributed by atoms with van der Waals surface area (Å²) in [5, 5.41) is 17.6. The maximum Gasteiger partial charge on any atom is 0.162 e. The summed E-state index contributed by atoms with van der Waals surface area (Å²) in [6, 6.07) is 5.53. The van der Waals surface area contributed by atoms with Crippen molar-refractivity contribution in [3.8, 4) is 11.5 Å². The minimum Gasteiger partial charge on any atom is -0.504 e. The summed E-state index contributed by atoms with van der Waals surface area (Å²) in [5.74, 6) is 0.732. The molecule has 0 unspecified atom stereocenters. The van der Waals surface area contributed by atoms with E-state index in [2.05, 4.69) is 23.0 Å². The van der Waals surface area contributed by atoms with Crippen molar-refractivity contribution in [3.05, 3.63) is 45.6 Å². The van der Waals surface area contributed by atoms with Gasteiger partial charge in [0.25, 0.3) is 0 Å². The molecule has 0 radical (unpaired) electrons. The van der Waals surface area contributed by atoms with Gasteiger partial charge in [0.05, 0.1) is 7.11 Å². The van der Waals surface area contributed by atoms with Gasteiger partial charge in [0.1, 0.15) is 0 Å². The quantitative estimate of drug-likeness (QED) is 0.871. The molecule has 2 aromatic rings. The summed E-state index contributed by atoms with van der Waals surface area (Å²) in [6.45, 7) is 3.54. The van der Waals surface area contributed by atoms with Crippen LogP contribution in [-0.2, 0) is 13.1 Å². The monoisotopic (exact) mass is 263 g/mol. The standard InChI is InChI=1S/C14H17NO2S/c1-10-8-18-9-12(10)7-15-6-11-4-3-5-13(17-2)14(11)16/h3-5,8-9,15-16H,6-7H2,1-2H3. The molecule has 2 N–H and O–H groups in total. The maximum absolute atomic E-state index is 9.94. The zero-order valence-corrected chi connectivity index (χ0v) is 11.4. The Kier molecular flexibility index (Phi) is 4.23. The van der Waals surface area contributed by atoms with Gasteiger partial charge in [-0.3, -0.25) is 0 Å². The first kappa shape index (κ1) is 12.9. The van der Waals surface area contributed by atoms with Gasteiger partial charge in [0, 0.05) is 18.7 Å². The number of methoxy groups -OCH3 is 1. The zero-order valence-electron chi connectivity index (χ0n) is 10.6. The van der Waals surface area contributed by atoms with E-state index in [1.165, 1.54) is 11.1 Å². The van der Waals surface area contributed by atoms with Crippen molar-refractivity contribution in [2.45, 2.75) is 20.0 Å². The van der Waals surface area contributed by atoms with Crippen molar-refractivity contribution < 1.29 is 9.84 Å². The lowest BCUT2D eigenvalue weighted by Gasteiger charge is -2.09. The average molecular weight is 263 g/mol. The molecule has 2 rings (SSSR count). The lowest BCUT2D eigenvalue weighted by atomic mass is 10.1. The van der Waals surface area contributed by atoms with E-state index in [9.17, 15) is 5.11 Å². The number of aryl methyl sites for hydroxylation is 1. The summed E-state index contributed by atoms with van der Waals surface area (Å²) in [5.41, 5.74) is 3.46. The number of nitrogens with one attached hydrogen (secondary N) is 1. The minimum atomic E-state index is 0.217. The normalized spacial score (nSPS) is 10.6. The third-order valence-electron chi connectivity index (χ3n) is 2.90. The first-order chi connectivity index (χ1) is 8.72. The van der Waals surface area contributed by atoms with Crippen molar-refractivity contribution in [1.29, 1.82) is 0 Å². The van der Waals surface area contributed by atoms with Crippen LogP contribution in [0.1, 0.15) is 16.7 Å². The molecule has 1 aromatic heterocycles. The second kappa shape index (κ2) is 5.89. The molecule has 96 valence electrons. The number of hydrogen-bond donors (Lipinski definition) is 2. The molecule has 1 aromatic carbocycles. The van der Waals surface area contributed by atoms with Crippen molar-refractivity contribution in [3.63, 3.8) is 0 Å². The molecule has 18 heavy (non-hydrogen) atoms. The molecule has 0 amide bonds. The van der Waals surface area contributed by atoms with E-state index in [1.807, 2.05) is 12.1 Å². The lowest BCUT2D eigenvalue weighted by Crippen LogP contribution is -2.13. The highest BCUT2D eigenvalue weighted by atomic mass is 32.1. The Morgan fingerprint density at radius 1 is 1.22 bits per heavy atom. The average Bonchev–Trinajstić information content (AvgIpc) is 2.77. The molecule has 1 heterocycles. The van der Waals surface area contributed by atoms with Crippen molar-refractivity contribution >= 4 is 11.3 Å². The number of ether oxygens (including phenoxy) is 1. The first-order valence-electron chi connectivity index (χ1n) is 5.79. The smallest absolute Gasteiger partial charge is 0.162 e. The molecular weight excluding hydrogens is 246 g/mol. The summed E-state index contributed by atoms with van der Waals surface area (Å²) in [7, 11) is 1.56. The second-order valence-electron chi connectivity index (χ2n) is 4.15. The molecule has 0 spiro atoms. The number of aromatic hydroxyl groups is 1. The molecule has 0 aliphatic rings. The Morgan fingerprint density at radius 2 is 2.00 bits per heavy atom. The molecule has 0 aliphatic carbocycles. The Labute approximate surface area is 111 Å². The molecule has 3 nitrogen and oxygen atoms in total. The Morgan fingerprint density at radius 3 is 2.67 bits per heavy atom. The summed E-state index contributed by atoms with van der Waals surface area (Å²) in [4.78, 5) is 0. The first-order valence-corrected chi connectivity index (χ1v) is 6.74. The van der Waals surface area contributed by atoms with Gasteiger partial charge in [0.2, 0.25) is 0 Å². The number of phenols is 1. The number of thiophene rings is 1. The van der Waals surface area contributed by atoms with Crippen LogP contribution in [0, 0.1) is 6.92 Å². The number of hydrogen-bond acceptors (Lipinski definition) is 4. The third kappa shape index (κ3) is 2.83. The summed E-state index contributed by atoms with van der Waals surface area (Å²) >= 11 is 1.71. The van der Waals surface area contributed by atoms with Crippen LogP contribution in [0.25, 0.3) is 0 Å². The van der Waals surface area contributed by atoms with Crippen molar-refractivity contribution in [2.75, 3.05) is 7.11 Å². The van der Waals surface area contributed by atoms with Gasteiger partial charge >= 0.3 is 0 Å². The predicted octanol–water partition coefficient (Wildman–Crippen LogP) is 3.06. The third-order valence-corrected chi connectivity index (χ3v) is 3.81. The molecule has 0 fully saturated rings. The van der Waals surface area contributed by atoms with E-state index in [-0.39, 0.29) is 5.75 Å². The van der Waals surface area contributed by atoms with Gasteiger partial charge in [-0.25, -0.2) is 0 Å². The molecule has 0 saturated heterocycles. The van der Waals surface area contributed by atoms with E-state index in [1.54, 1.807) is 24.5 Å². The fraction of sp³-hybridized carbons (Fsp3) is 0.286. The SMILES string of the molecule is COc1cccc(CNCc2cscc2C)c1O. The summed E-state index contributed by atoms with van der Waals surface area (Å²) < 4.78 is 5.08. The fourth-order valence-corrected chi connectivity index (χ4v) is 2.63. The minimum absolute atomic E-state index is 0.217. The Hall–Kier alpha value is -1.52. The number of benzene rings is 1. The Bertz CT molecular complexity index is 522. The molecular formula is C14H17NO2S. The van der Waals surface area contributed by atoms with Crippen LogP contribution in [0.15, 0.2) is 29.0 Å². The van der Waals surface area contributed by atoms with E-state index in [0.717, 1.165) is 12.1 Å². The highest BCUT2D eigenvalue weighted by Gasteiger charge is 2.07. The largest absolute Gasteiger partial charge is 0.504 e. The molecule has 4 heteroatoms. The lowest BCUT2D eigenvalue weighted by molar-refractivity contribution is 0.369. The van der Waals surface area contributed by atoms with Crippen LogP contribution in [-0.4, -0.2) is 12.2 Å². The number of para-hydroxylation sites is 1. The molecule has 0 atom stereocenters. The molecule has 0 aliphatic heterocycles. The van der Waals surface area contributed by atoms with Crippen LogP contribution in [0.3, 0.4) is 0 Å². The van der Waals surface area contributed by atoms with Gasteiger partial charge in [-0.15, -0.1) is 0 Å². The van der Waals surface area contributed by atoms with E-state index in [0.29, 0.717) is 12.3 Å². The van der Waals surface area contributed by atoms with E-state index in [4.69, 9.17) is 4.74 Å². The van der Waals surface area contributed by atoms with Crippen LogP contribution in [0.5, 0.6) is 11.5 Å². The molecule has 0 saturated carbocycles.